The van der Waals surface area contributed by atoms with Gasteiger partial charge in [-0.15, -0.1) is 5.10 Å². The number of hydrogen-bond acceptors (Lipinski definition) is 7. The van der Waals surface area contributed by atoms with Gasteiger partial charge in [-0.1, -0.05) is 35.5 Å². The highest BCUT2D eigenvalue weighted by Crippen LogP contribution is 2.30. The number of nitrogens with zero attached hydrogens (tertiary/aromatic N) is 4. The molecule has 2 heterocycles. The van der Waals surface area contributed by atoms with Crippen molar-refractivity contribution in [1.29, 1.82) is 0 Å². The summed E-state index contributed by atoms with van der Waals surface area (Å²) in [5.41, 5.74) is 1.47. The second-order valence-electron chi connectivity index (χ2n) is 5.34. The van der Waals surface area contributed by atoms with E-state index >= 15 is 0 Å². The van der Waals surface area contributed by atoms with E-state index in [0.717, 1.165) is 0 Å². The molecule has 136 valence electrons. The second-order valence-corrected chi connectivity index (χ2v) is 6.72. The molecule has 0 saturated carbocycles. The topological polar surface area (TPSA) is 111 Å². The summed E-state index contributed by atoms with van der Waals surface area (Å²) >= 11 is 7.22. The Hall–Kier alpha value is -2.59. The van der Waals surface area contributed by atoms with Gasteiger partial charge in [0.25, 0.3) is 0 Å². The van der Waals surface area contributed by atoms with E-state index in [2.05, 4.69) is 26.2 Å². The van der Waals surface area contributed by atoms with Crippen LogP contribution in [0.2, 0.25) is 5.02 Å². The first-order valence-electron chi connectivity index (χ1n) is 7.49. The number of benzene rings is 1. The number of amides is 2. The van der Waals surface area contributed by atoms with Gasteiger partial charge in [0.1, 0.15) is 0 Å². The molecule has 1 aromatic heterocycles. The molecule has 11 heteroatoms. The average molecular weight is 395 g/mol. The number of tetrazole rings is 1. The number of aryl methyl sites for hydroxylation is 1. The van der Waals surface area contributed by atoms with E-state index in [1.807, 2.05) is 0 Å². The average Bonchev–Trinajstić information content (AvgIpc) is 3.04. The Morgan fingerprint density at radius 1 is 1.38 bits per heavy atom. The summed E-state index contributed by atoms with van der Waals surface area (Å²) in [7, 11) is 3.00. The zero-order valence-electron chi connectivity index (χ0n) is 13.9. The van der Waals surface area contributed by atoms with Gasteiger partial charge >= 0.3 is 12.0 Å². The lowest BCUT2D eigenvalue weighted by Crippen LogP contribution is -2.46. The minimum Gasteiger partial charge on any atom is -0.466 e. The summed E-state index contributed by atoms with van der Waals surface area (Å²) in [4.78, 5) is 24.5. The number of esters is 1. The number of methoxy groups -OCH3 is 1. The van der Waals surface area contributed by atoms with Crippen LogP contribution in [-0.4, -0.2) is 45.1 Å². The molecule has 3 rings (SSSR count). The van der Waals surface area contributed by atoms with Crippen molar-refractivity contribution in [2.24, 2.45) is 7.05 Å². The lowest BCUT2D eigenvalue weighted by atomic mass is 9.95. The zero-order chi connectivity index (χ0) is 18.7. The molecule has 1 aliphatic rings. The minimum atomic E-state index is -0.651. The fraction of sp³-hybridized carbons (Fsp3) is 0.267. The highest BCUT2D eigenvalue weighted by atomic mass is 35.5. The van der Waals surface area contributed by atoms with Crippen LogP contribution in [-0.2, 0) is 16.6 Å². The Morgan fingerprint density at radius 3 is 2.73 bits per heavy atom. The summed E-state index contributed by atoms with van der Waals surface area (Å²) in [5.74, 6) is -0.250. The number of carbonyl (C=O) groups excluding carboxylic acids is 2. The van der Waals surface area contributed by atoms with Crippen molar-refractivity contribution in [2.45, 2.75) is 11.2 Å². The van der Waals surface area contributed by atoms with E-state index in [1.165, 1.54) is 23.6 Å². The summed E-state index contributed by atoms with van der Waals surface area (Å²) < 4.78 is 6.43. The van der Waals surface area contributed by atoms with E-state index in [9.17, 15) is 9.59 Å². The molecule has 26 heavy (non-hydrogen) atoms. The molecule has 0 unspecified atom stereocenters. The molecule has 0 spiro atoms. The summed E-state index contributed by atoms with van der Waals surface area (Å²) in [6.45, 7) is 0. The number of carbonyl (C=O) groups is 2. The molecule has 2 N–H and O–H groups in total. The van der Waals surface area contributed by atoms with Crippen LogP contribution in [0, 0.1) is 0 Å². The molecule has 1 aromatic carbocycles. The van der Waals surface area contributed by atoms with Crippen LogP contribution in [0.5, 0.6) is 0 Å². The first-order valence-corrected chi connectivity index (χ1v) is 8.85. The maximum atomic E-state index is 12.4. The number of hydrogen-bond donors (Lipinski definition) is 2. The fourth-order valence-corrected chi connectivity index (χ4v) is 3.41. The Labute approximate surface area is 158 Å². The first kappa shape index (κ1) is 18.2. The number of halogens is 1. The third kappa shape index (κ3) is 3.81. The number of ether oxygens (including phenoxy) is 1. The van der Waals surface area contributed by atoms with Gasteiger partial charge < -0.3 is 15.4 Å². The Bertz CT molecular complexity index is 867. The van der Waals surface area contributed by atoms with Crippen molar-refractivity contribution in [3.05, 3.63) is 46.1 Å². The number of urea groups is 1. The van der Waals surface area contributed by atoms with Crippen LogP contribution in [0.15, 0.2) is 40.7 Å². The van der Waals surface area contributed by atoms with Crippen molar-refractivity contribution in [3.63, 3.8) is 0 Å². The molecule has 0 fully saturated rings. The van der Waals surface area contributed by atoms with Crippen molar-refractivity contribution >= 4 is 35.4 Å². The van der Waals surface area contributed by atoms with Crippen LogP contribution < -0.4 is 10.6 Å². The van der Waals surface area contributed by atoms with Crippen molar-refractivity contribution in [3.8, 4) is 0 Å². The van der Waals surface area contributed by atoms with Crippen LogP contribution in [0.3, 0.4) is 0 Å². The van der Waals surface area contributed by atoms with Gasteiger partial charge in [-0.3, -0.25) is 0 Å². The quantitative estimate of drug-likeness (QED) is 0.583. The molecule has 0 saturated heterocycles. The smallest absolute Gasteiger partial charge is 0.338 e. The molecule has 1 atom stereocenters. The van der Waals surface area contributed by atoms with Crippen LogP contribution in [0.1, 0.15) is 11.6 Å². The molecule has 0 radical (unpaired) electrons. The van der Waals surface area contributed by atoms with E-state index in [0.29, 0.717) is 27.0 Å². The molecule has 2 amide bonds. The Morgan fingerprint density at radius 2 is 2.12 bits per heavy atom. The predicted octanol–water partition coefficient (Wildman–Crippen LogP) is 1.44. The number of nitrogens with one attached hydrogen (secondary N) is 2. The first-order chi connectivity index (χ1) is 12.5. The SMILES string of the molecule is COC(=O)C1=C(CSc2nnnn2C)NC(=O)N[C@H]1c1ccc(Cl)cc1. The maximum absolute atomic E-state index is 12.4. The molecular weight excluding hydrogens is 380 g/mol. The van der Waals surface area contributed by atoms with Gasteiger partial charge in [0.05, 0.1) is 18.7 Å². The molecular formula is C15H15ClN6O3S. The third-order valence-electron chi connectivity index (χ3n) is 3.69. The summed E-state index contributed by atoms with van der Waals surface area (Å²) in [6.07, 6.45) is 0. The van der Waals surface area contributed by atoms with E-state index in [-0.39, 0.29) is 5.75 Å². The summed E-state index contributed by atoms with van der Waals surface area (Å²) in [5, 5.41) is 17.7. The van der Waals surface area contributed by atoms with Gasteiger partial charge in [0.15, 0.2) is 0 Å². The third-order valence-corrected chi connectivity index (χ3v) is 4.98. The lowest BCUT2D eigenvalue weighted by molar-refractivity contribution is -0.136. The normalized spacial score (nSPS) is 16.9. The largest absolute Gasteiger partial charge is 0.466 e. The number of rotatable bonds is 5. The number of thioether (sulfide) groups is 1. The second kappa shape index (κ2) is 7.75. The van der Waals surface area contributed by atoms with E-state index in [1.54, 1.807) is 31.3 Å². The maximum Gasteiger partial charge on any atom is 0.338 e. The molecule has 0 aliphatic carbocycles. The standard InChI is InChI=1S/C15H15ClN6O3S/c1-22-15(19-20-21-22)26-7-10-11(13(23)25-2)12(18-14(24)17-10)8-3-5-9(16)6-4-8/h3-6,12H,7H2,1-2H3,(H2,17,18,24)/t12-/m0/s1. The molecule has 1 aliphatic heterocycles. The molecule has 2 aromatic rings. The fourth-order valence-electron chi connectivity index (χ4n) is 2.47. The van der Waals surface area contributed by atoms with Gasteiger partial charge in [0.2, 0.25) is 5.16 Å². The van der Waals surface area contributed by atoms with Crippen LogP contribution >= 0.6 is 23.4 Å². The summed E-state index contributed by atoms with van der Waals surface area (Å²) in [6, 6.07) is 5.82. The number of aromatic nitrogens is 4. The monoisotopic (exact) mass is 394 g/mol. The van der Waals surface area contributed by atoms with E-state index < -0.39 is 18.0 Å². The van der Waals surface area contributed by atoms with Gasteiger partial charge in [0, 0.05) is 23.5 Å². The van der Waals surface area contributed by atoms with Crippen molar-refractivity contribution in [2.75, 3.05) is 12.9 Å². The van der Waals surface area contributed by atoms with Gasteiger partial charge in [-0.25, -0.2) is 14.3 Å². The predicted molar refractivity (Wildman–Crippen MR) is 94.4 cm³/mol. The lowest BCUT2D eigenvalue weighted by Gasteiger charge is -2.29. The Kier molecular flexibility index (Phi) is 5.43. The van der Waals surface area contributed by atoms with Gasteiger partial charge in [-0.2, -0.15) is 0 Å². The Balaban J connectivity index is 1.97. The molecule has 9 nitrogen and oxygen atoms in total. The van der Waals surface area contributed by atoms with E-state index in [4.69, 9.17) is 16.3 Å². The van der Waals surface area contributed by atoms with Crippen LogP contribution in [0.25, 0.3) is 0 Å². The molecule has 0 bridgehead atoms. The zero-order valence-corrected chi connectivity index (χ0v) is 15.5. The van der Waals surface area contributed by atoms with Gasteiger partial charge in [-0.05, 0) is 28.1 Å². The van der Waals surface area contributed by atoms with Crippen LogP contribution in [0.4, 0.5) is 4.79 Å². The van der Waals surface area contributed by atoms with Crippen molar-refractivity contribution in [1.82, 2.24) is 30.8 Å². The minimum absolute atomic E-state index is 0.288. The van der Waals surface area contributed by atoms with Crippen molar-refractivity contribution < 1.29 is 14.3 Å². The highest BCUT2D eigenvalue weighted by Gasteiger charge is 2.33. The highest BCUT2D eigenvalue weighted by molar-refractivity contribution is 7.99.